The average Bonchev–Trinajstić information content (AvgIpc) is 3.77. The van der Waals surface area contributed by atoms with E-state index in [1.54, 1.807) is 65.8 Å². The van der Waals surface area contributed by atoms with Crippen LogP contribution < -0.4 is 17.5 Å². The number of hydrogen-bond donors (Lipinski definition) is 0. The Morgan fingerprint density at radius 3 is 1.31 bits per heavy atom. The fraction of sp³-hybridized carbons (Fsp3) is 0.450. The molecule has 4 rings (SSSR count). The zero-order chi connectivity index (χ0) is 36.3. The normalized spacial score (nSPS) is 14.7. The Hall–Kier alpha value is -3.23. The molecule has 264 valence electrons. The molecule has 2 aliphatic carbocycles. The summed E-state index contributed by atoms with van der Waals surface area (Å²) in [6.45, 7) is 14.7. The van der Waals surface area contributed by atoms with Crippen LogP contribution in [0.2, 0.25) is 0 Å². The predicted octanol–water partition coefficient (Wildman–Crippen LogP) is 9.39. The van der Waals surface area contributed by atoms with Crippen molar-refractivity contribution in [1.29, 1.82) is 0 Å². The molecule has 0 N–H and O–H groups in total. The zero-order valence-corrected chi connectivity index (χ0v) is 31.7. The van der Waals surface area contributed by atoms with Gasteiger partial charge >= 0.3 is 294 Å². The molecule has 0 atom stereocenters. The van der Waals surface area contributed by atoms with Gasteiger partial charge in [-0.2, -0.15) is 0 Å². The van der Waals surface area contributed by atoms with E-state index in [1.165, 1.54) is 21.9 Å². The quantitative estimate of drug-likeness (QED) is 0.163. The third-order valence-electron chi connectivity index (χ3n) is 9.22. The molecule has 2 aliphatic rings. The monoisotopic (exact) mass is 714 g/mol. The van der Waals surface area contributed by atoms with Gasteiger partial charge in [-0.05, 0) is 0 Å². The molecule has 0 aliphatic heterocycles. The van der Waals surface area contributed by atoms with Crippen molar-refractivity contribution >= 4 is 30.9 Å². The number of allylic oxidation sites excluding steroid dienone is 8. The van der Waals surface area contributed by atoms with Crippen LogP contribution >= 0.6 is 0 Å². The Balaban J connectivity index is 2.16. The summed E-state index contributed by atoms with van der Waals surface area (Å²) in [4.78, 5) is 30.3. The molecule has 0 aromatic heterocycles. The van der Waals surface area contributed by atoms with Gasteiger partial charge in [0.15, 0.2) is 0 Å². The van der Waals surface area contributed by atoms with Crippen molar-refractivity contribution in [2.75, 3.05) is 22.9 Å². The molecule has 4 nitrogen and oxygen atoms in total. The first-order chi connectivity index (χ1) is 23.0. The summed E-state index contributed by atoms with van der Waals surface area (Å²) in [6.07, 6.45) is 13.7. The standard InChI is InChI=1S/2C15H20F2NO.2C5H5.Ti/c2*1-5-6-9-18(14(19)15(2,3)4)13-8-7-11(16)10-12(13)17;2*1-2-4-5-3-1;/h2*7-8H,5-6,9H2,1-4H3;2*1-3H,4H2;. The summed E-state index contributed by atoms with van der Waals surface area (Å²) in [5.41, 5.74) is -1.97. The fourth-order valence-corrected chi connectivity index (χ4v) is 15.0. The maximum atomic E-state index is 17.6. The summed E-state index contributed by atoms with van der Waals surface area (Å²) >= 11 is -5.23. The Labute approximate surface area is 293 Å². The minimum absolute atomic E-state index is 0.109. The van der Waals surface area contributed by atoms with E-state index in [0.717, 1.165) is 25.0 Å². The molecule has 0 bridgehead atoms. The van der Waals surface area contributed by atoms with Gasteiger partial charge in [0.25, 0.3) is 0 Å². The molecule has 0 radical (unpaired) electrons. The summed E-state index contributed by atoms with van der Waals surface area (Å²) in [6, 6.07) is 4.79. The van der Waals surface area contributed by atoms with Crippen LogP contribution in [0.1, 0.15) is 93.9 Å². The minimum atomic E-state index is -5.23. The van der Waals surface area contributed by atoms with Gasteiger partial charge in [-0.15, -0.1) is 0 Å². The molecule has 2 amide bonds. The van der Waals surface area contributed by atoms with E-state index in [0.29, 0.717) is 20.6 Å². The number of anilines is 2. The van der Waals surface area contributed by atoms with Crippen LogP contribution in [-0.2, 0) is 26.2 Å². The van der Waals surface area contributed by atoms with Crippen molar-refractivity contribution in [2.45, 2.75) is 93.9 Å². The zero-order valence-electron chi connectivity index (χ0n) is 30.2. The summed E-state index contributed by atoms with van der Waals surface area (Å²) in [5.74, 6) is -4.48. The van der Waals surface area contributed by atoms with Crippen molar-refractivity contribution in [1.82, 2.24) is 0 Å². The second-order valence-corrected chi connectivity index (χ2v) is 20.9. The van der Waals surface area contributed by atoms with Crippen LogP contribution in [0.4, 0.5) is 28.9 Å². The van der Waals surface area contributed by atoms with Gasteiger partial charge in [0.05, 0.1) is 0 Å². The second-order valence-electron chi connectivity index (χ2n) is 15.0. The molecule has 0 heterocycles. The first kappa shape index (κ1) is 38.6. The van der Waals surface area contributed by atoms with E-state index >= 15 is 17.6 Å². The first-order valence-electron chi connectivity index (χ1n) is 17.4. The second kappa shape index (κ2) is 15.3. The van der Waals surface area contributed by atoms with Crippen LogP contribution in [0, 0.1) is 34.1 Å². The van der Waals surface area contributed by atoms with Crippen LogP contribution in [-0.4, -0.2) is 24.9 Å². The third kappa shape index (κ3) is 7.46. The van der Waals surface area contributed by atoms with Crippen molar-refractivity contribution in [2.24, 2.45) is 10.8 Å². The number of amides is 2. The Bertz CT molecular complexity index is 1590. The summed E-state index contributed by atoms with van der Waals surface area (Å²) < 4.78 is 69.1. The number of halogens is 4. The van der Waals surface area contributed by atoms with Crippen molar-refractivity contribution in [3.63, 3.8) is 0 Å². The van der Waals surface area contributed by atoms with Gasteiger partial charge < -0.3 is 0 Å². The van der Waals surface area contributed by atoms with Gasteiger partial charge in [-0.25, -0.2) is 0 Å². The number of benzene rings is 2. The number of nitrogens with zero attached hydrogens (tertiary/aromatic N) is 2. The van der Waals surface area contributed by atoms with E-state index in [2.05, 4.69) is 0 Å². The molecule has 49 heavy (non-hydrogen) atoms. The van der Waals surface area contributed by atoms with E-state index in [1.807, 2.05) is 26.0 Å². The molecular formula is C40H50F4N2O2Ti. The summed E-state index contributed by atoms with van der Waals surface area (Å²) in [7, 11) is 0. The number of hydrogen-bond acceptors (Lipinski definition) is 2. The van der Waals surface area contributed by atoms with Crippen LogP contribution in [0.3, 0.4) is 0 Å². The summed E-state index contributed by atoms with van der Waals surface area (Å²) in [5, 5.41) is 0. The van der Waals surface area contributed by atoms with E-state index < -0.39 is 50.7 Å². The van der Waals surface area contributed by atoms with E-state index in [9.17, 15) is 9.59 Å². The van der Waals surface area contributed by atoms with Gasteiger partial charge in [0, 0.05) is 0 Å². The van der Waals surface area contributed by atoms with Crippen molar-refractivity contribution in [3.05, 3.63) is 91.7 Å². The average molecular weight is 715 g/mol. The molecule has 9 heteroatoms. The molecule has 0 fully saturated rings. The first-order valence-corrected chi connectivity index (χ1v) is 20.5. The van der Waals surface area contributed by atoms with E-state index in [4.69, 9.17) is 0 Å². The van der Waals surface area contributed by atoms with Crippen LogP contribution in [0.25, 0.3) is 0 Å². The number of unbranched alkanes of at least 4 members (excludes halogenated alkanes) is 2. The fourth-order valence-electron chi connectivity index (χ4n) is 6.72. The molecule has 0 spiro atoms. The number of carbonyl (C=O) groups excluding carboxylic acids is 2. The van der Waals surface area contributed by atoms with Crippen molar-refractivity contribution in [3.8, 4) is 0 Å². The van der Waals surface area contributed by atoms with Gasteiger partial charge in [0.2, 0.25) is 0 Å². The molecule has 0 saturated carbocycles. The van der Waals surface area contributed by atoms with Crippen LogP contribution in [0.5, 0.6) is 0 Å². The van der Waals surface area contributed by atoms with Gasteiger partial charge in [0.1, 0.15) is 0 Å². The maximum absolute atomic E-state index is 17.6. The molecule has 2 aromatic rings. The Morgan fingerprint density at radius 1 is 0.653 bits per heavy atom. The van der Waals surface area contributed by atoms with Gasteiger partial charge in [-0.1, -0.05) is 0 Å². The molecule has 0 unspecified atom stereocenters. The van der Waals surface area contributed by atoms with E-state index in [-0.39, 0.29) is 56.9 Å². The van der Waals surface area contributed by atoms with Crippen LogP contribution in [0.15, 0.2) is 68.5 Å². The van der Waals surface area contributed by atoms with Gasteiger partial charge in [-0.3, -0.25) is 0 Å². The SMILES string of the molecule is CCCCN(C(=O)C(C)(C)C)c1ccc(F)[c]([Ti]([C]2=CC=CC2)([C]2=CC=CC2)[c]2c(F)ccc(N(CCCC)C(=O)C(C)(C)C)c2F)c1F. The Kier molecular flexibility index (Phi) is 12.1. The number of carbonyl (C=O) groups is 2. The molecule has 2 aromatic carbocycles. The third-order valence-corrected chi connectivity index (χ3v) is 17.2. The topological polar surface area (TPSA) is 40.6 Å². The number of rotatable bonds is 12. The molecular weight excluding hydrogens is 664 g/mol. The molecule has 0 saturated heterocycles. The Morgan fingerprint density at radius 2 is 1.02 bits per heavy atom. The predicted molar refractivity (Wildman–Crippen MR) is 189 cm³/mol. The van der Waals surface area contributed by atoms with Crippen molar-refractivity contribution < 1.29 is 43.7 Å².